The molecule has 1 heterocycles. The maximum absolute atomic E-state index is 13.7. The molecule has 2 rings (SSSR count). The minimum atomic E-state index is -4.61. The van der Waals surface area contributed by atoms with Crippen molar-refractivity contribution in [3.63, 3.8) is 0 Å². The van der Waals surface area contributed by atoms with E-state index >= 15 is 0 Å². The fraction of sp³-hybridized carbons (Fsp3) is 0.231. The fourth-order valence-electron chi connectivity index (χ4n) is 1.63. The lowest BCUT2D eigenvalue weighted by Crippen LogP contribution is -2.12. The van der Waals surface area contributed by atoms with E-state index < -0.39 is 17.7 Å². The number of nitrogens with one attached hydrogen (secondary N) is 2. The first-order chi connectivity index (χ1) is 9.79. The Kier molecular flexibility index (Phi) is 3.97. The SMILES string of the molecule is CNc1nc(Nc2ccc(C)cc2F)cc(C(F)(F)F)n1. The molecule has 21 heavy (non-hydrogen) atoms. The normalized spacial score (nSPS) is 11.3. The molecule has 0 aliphatic rings. The highest BCUT2D eigenvalue weighted by Crippen LogP contribution is 2.30. The molecule has 0 saturated carbocycles. The minimum Gasteiger partial charge on any atom is -0.357 e. The molecule has 0 fully saturated rings. The minimum absolute atomic E-state index is 0.0366. The number of rotatable bonds is 3. The van der Waals surface area contributed by atoms with E-state index in [-0.39, 0.29) is 17.5 Å². The van der Waals surface area contributed by atoms with Crippen LogP contribution in [0.1, 0.15) is 11.3 Å². The molecule has 0 unspecified atom stereocenters. The van der Waals surface area contributed by atoms with Gasteiger partial charge < -0.3 is 10.6 Å². The first kappa shape index (κ1) is 15.0. The quantitative estimate of drug-likeness (QED) is 0.848. The maximum atomic E-state index is 13.7. The topological polar surface area (TPSA) is 49.8 Å². The molecule has 2 aromatic rings. The largest absolute Gasteiger partial charge is 0.433 e. The molecule has 0 amide bonds. The Bertz CT molecular complexity index is 655. The zero-order chi connectivity index (χ0) is 15.6. The van der Waals surface area contributed by atoms with E-state index in [2.05, 4.69) is 20.6 Å². The van der Waals surface area contributed by atoms with E-state index in [9.17, 15) is 17.6 Å². The number of aryl methyl sites for hydroxylation is 1. The lowest BCUT2D eigenvalue weighted by Gasteiger charge is -2.12. The molecular formula is C13H12F4N4. The van der Waals surface area contributed by atoms with Crippen molar-refractivity contribution in [2.45, 2.75) is 13.1 Å². The third-order valence-corrected chi connectivity index (χ3v) is 2.63. The van der Waals surface area contributed by atoms with Gasteiger partial charge in [-0.2, -0.15) is 18.2 Å². The molecule has 112 valence electrons. The predicted molar refractivity (Wildman–Crippen MR) is 71.0 cm³/mol. The molecule has 0 atom stereocenters. The summed E-state index contributed by atoms with van der Waals surface area (Å²) in [5, 5.41) is 4.95. The van der Waals surface area contributed by atoms with Crippen LogP contribution in [-0.2, 0) is 6.18 Å². The summed E-state index contributed by atoms with van der Waals surface area (Å²) in [7, 11) is 1.39. The van der Waals surface area contributed by atoms with Gasteiger partial charge in [0, 0.05) is 13.1 Å². The van der Waals surface area contributed by atoms with Crippen LogP contribution < -0.4 is 10.6 Å². The van der Waals surface area contributed by atoms with Crippen molar-refractivity contribution >= 4 is 17.5 Å². The van der Waals surface area contributed by atoms with Crippen LogP contribution in [0, 0.1) is 12.7 Å². The zero-order valence-electron chi connectivity index (χ0n) is 11.2. The third-order valence-electron chi connectivity index (χ3n) is 2.63. The monoisotopic (exact) mass is 300 g/mol. The van der Waals surface area contributed by atoms with Gasteiger partial charge in [-0.15, -0.1) is 0 Å². The van der Waals surface area contributed by atoms with Gasteiger partial charge in [-0.05, 0) is 24.6 Å². The van der Waals surface area contributed by atoms with Gasteiger partial charge in [0.25, 0.3) is 0 Å². The number of aromatic nitrogens is 2. The van der Waals surface area contributed by atoms with Gasteiger partial charge in [0.2, 0.25) is 5.95 Å². The summed E-state index contributed by atoms with van der Waals surface area (Å²) in [4.78, 5) is 7.14. The van der Waals surface area contributed by atoms with E-state index in [4.69, 9.17) is 0 Å². The number of anilines is 3. The number of hydrogen-bond donors (Lipinski definition) is 2. The summed E-state index contributed by atoms with van der Waals surface area (Å²) in [6.45, 7) is 1.71. The molecule has 0 spiro atoms. The van der Waals surface area contributed by atoms with Crippen LogP contribution in [0.3, 0.4) is 0 Å². The van der Waals surface area contributed by atoms with Crippen molar-refractivity contribution in [2.24, 2.45) is 0 Å². The van der Waals surface area contributed by atoms with Gasteiger partial charge in [0.15, 0.2) is 5.69 Å². The van der Waals surface area contributed by atoms with Gasteiger partial charge >= 0.3 is 6.18 Å². The van der Waals surface area contributed by atoms with Crippen LogP contribution in [-0.4, -0.2) is 17.0 Å². The number of halogens is 4. The Hall–Kier alpha value is -2.38. The Morgan fingerprint density at radius 3 is 2.38 bits per heavy atom. The van der Waals surface area contributed by atoms with E-state index in [1.54, 1.807) is 13.0 Å². The van der Waals surface area contributed by atoms with E-state index in [1.807, 2.05) is 0 Å². The highest BCUT2D eigenvalue weighted by molar-refractivity contribution is 5.58. The standard InChI is InChI=1S/C13H12F4N4/c1-7-3-4-9(8(14)5-7)19-11-6-10(13(15,16)17)20-12(18-2)21-11/h3-6H,1-2H3,(H2,18,19,20,21). The molecule has 0 saturated heterocycles. The summed E-state index contributed by atoms with van der Waals surface area (Å²) < 4.78 is 51.9. The van der Waals surface area contributed by atoms with Crippen LogP contribution in [0.5, 0.6) is 0 Å². The van der Waals surface area contributed by atoms with Crippen molar-refractivity contribution in [3.05, 3.63) is 41.3 Å². The molecule has 1 aromatic heterocycles. The van der Waals surface area contributed by atoms with Crippen molar-refractivity contribution in [1.29, 1.82) is 0 Å². The van der Waals surface area contributed by atoms with E-state index in [0.717, 1.165) is 6.07 Å². The first-order valence-electron chi connectivity index (χ1n) is 5.97. The molecule has 2 N–H and O–H groups in total. The second-order valence-corrected chi connectivity index (χ2v) is 4.32. The van der Waals surface area contributed by atoms with Gasteiger partial charge in [0.1, 0.15) is 11.6 Å². The highest BCUT2D eigenvalue weighted by Gasteiger charge is 2.33. The summed E-state index contributed by atoms with van der Waals surface area (Å²) in [6, 6.07) is 5.06. The summed E-state index contributed by atoms with van der Waals surface area (Å²) in [5.74, 6) is -0.933. The lowest BCUT2D eigenvalue weighted by molar-refractivity contribution is -0.141. The second-order valence-electron chi connectivity index (χ2n) is 4.32. The zero-order valence-corrected chi connectivity index (χ0v) is 11.2. The van der Waals surface area contributed by atoms with Crippen molar-refractivity contribution < 1.29 is 17.6 Å². The fourth-order valence-corrected chi connectivity index (χ4v) is 1.63. The highest BCUT2D eigenvalue weighted by atomic mass is 19.4. The second kappa shape index (κ2) is 5.55. The number of hydrogen-bond acceptors (Lipinski definition) is 4. The summed E-state index contributed by atoms with van der Waals surface area (Å²) in [6.07, 6.45) is -4.61. The van der Waals surface area contributed by atoms with Crippen LogP contribution in [0.4, 0.5) is 35.0 Å². The van der Waals surface area contributed by atoms with E-state index in [1.165, 1.54) is 19.2 Å². The summed E-state index contributed by atoms with van der Waals surface area (Å²) >= 11 is 0. The predicted octanol–water partition coefficient (Wildman–Crippen LogP) is 3.73. The molecule has 0 aliphatic carbocycles. The van der Waals surface area contributed by atoms with Crippen molar-refractivity contribution in [3.8, 4) is 0 Å². The van der Waals surface area contributed by atoms with Gasteiger partial charge in [-0.1, -0.05) is 6.07 Å². The van der Waals surface area contributed by atoms with Gasteiger partial charge in [0.05, 0.1) is 5.69 Å². The van der Waals surface area contributed by atoms with Crippen LogP contribution in [0.25, 0.3) is 0 Å². The van der Waals surface area contributed by atoms with Crippen LogP contribution in [0.15, 0.2) is 24.3 Å². The van der Waals surface area contributed by atoms with Crippen molar-refractivity contribution in [1.82, 2.24) is 9.97 Å². The Balaban J connectivity index is 2.39. The third kappa shape index (κ3) is 3.59. The molecule has 8 heteroatoms. The van der Waals surface area contributed by atoms with Gasteiger partial charge in [-0.3, -0.25) is 0 Å². The van der Waals surface area contributed by atoms with E-state index in [0.29, 0.717) is 5.56 Å². The van der Waals surface area contributed by atoms with Gasteiger partial charge in [-0.25, -0.2) is 9.37 Å². The van der Waals surface area contributed by atoms with Crippen LogP contribution in [0.2, 0.25) is 0 Å². The number of alkyl halides is 3. The first-order valence-corrected chi connectivity index (χ1v) is 5.97. The molecule has 4 nitrogen and oxygen atoms in total. The lowest BCUT2D eigenvalue weighted by atomic mass is 10.2. The maximum Gasteiger partial charge on any atom is 0.433 e. The Morgan fingerprint density at radius 2 is 1.81 bits per heavy atom. The molecule has 0 aliphatic heterocycles. The smallest absolute Gasteiger partial charge is 0.357 e. The Labute approximate surface area is 118 Å². The summed E-state index contributed by atoms with van der Waals surface area (Å²) in [5.41, 5.74) is -0.376. The number of nitrogens with zero attached hydrogens (tertiary/aromatic N) is 2. The molecule has 1 aromatic carbocycles. The molecule has 0 bridgehead atoms. The average molecular weight is 300 g/mol. The number of benzene rings is 1. The Morgan fingerprint density at radius 1 is 1.10 bits per heavy atom. The average Bonchev–Trinajstić information content (AvgIpc) is 2.40. The van der Waals surface area contributed by atoms with Crippen LogP contribution >= 0.6 is 0 Å². The molecule has 0 radical (unpaired) electrons. The molecular weight excluding hydrogens is 288 g/mol. The van der Waals surface area contributed by atoms with Crippen molar-refractivity contribution in [2.75, 3.05) is 17.7 Å².